The van der Waals surface area contributed by atoms with Crippen molar-refractivity contribution in [1.29, 1.82) is 0 Å². The van der Waals surface area contributed by atoms with Crippen LogP contribution in [0.1, 0.15) is 47.7 Å². The number of nitrogens with one attached hydrogen (secondary N) is 1. The predicted octanol–water partition coefficient (Wildman–Crippen LogP) is 3.96. The molecule has 5 rings (SSSR count). The third-order valence-corrected chi connectivity index (χ3v) is 6.37. The van der Waals surface area contributed by atoms with Crippen LogP contribution in [-0.2, 0) is 19.5 Å². The van der Waals surface area contributed by atoms with Crippen LogP contribution in [0.5, 0.6) is 0 Å². The molecule has 2 aromatic carbocycles. The fourth-order valence-electron chi connectivity index (χ4n) is 5.21. The second kappa shape index (κ2) is 6.24. The van der Waals surface area contributed by atoms with Gasteiger partial charge in [0.25, 0.3) is 0 Å². The molecule has 0 amide bonds. The lowest BCUT2D eigenvalue weighted by Gasteiger charge is -2.31. The molecule has 3 aromatic rings. The largest absolute Gasteiger partial charge is 0.339 e. The van der Waals surface area contributed by atoms with Crippen molar-refractivity contribution in [2.24, 2.45) is 0 Å². The lowest BCUT2D eigenvalue weighted by Crippen LogP contribution is -3.11. The van der Waals surface area contributed by atoms with Crippen LogP contribution >= 0.6 is 0 Å². The van der Waals surface area contributed by atoms with Gasteiger partial charge >= 0.3 is 0 Å². The van der Waals surface area contributed by atoms with E-state index in [1.807, 2.05) is 12.1 Å². The molecule has 1 aliphatic carbocycles. The third kappa shape index (κ3) is 2.49. The van der Waals surface area contributed by atoms with Crippen molar-refractivity contribution in [1.82, 2.24) is 4.57 Å². The van der Waals surface area contributed by atoms with Gasteiger partial charge in [-0.3, -0.25) is 0 Å². The minimum absolute atomic E-state index is 0.0588. The lowest BCUT2D eigenvalue weighted by molar-refractivity contribution is -0.945. The average Bonchev–Trinajstić information content (AvgIpc) is 2.83. The van der Waals surface area contributed by atoms with E-state index in [9.17, 15) is 4.39 Å². The van der Waals surface area contributed by atoms with Crippen LogP contribution in [-0.4, -0.2) is 11.1 Å². The zero-order valence-corrected chi connectivity index (χ0v) is 15.4. The Bertz CT molecular complexity index is 968. The molecular weight excluding hydrogens is 323 g/mol. The van der Waals surface area contributed by atoms with E-state index < -0.39 is 0 Å². The van der Waals surface area contributed by atoms with E-state index in [0.717, 1.165) is 31.6 Å². The van der Waals surface area contributed by atoms with E-state index >= 15 is 0 Å². The first-order valence-corrected chi connectivity index (χ1v) is 9.92. The van der Waals surface area contributed by atoms with Gasteiger partial charge < -0.3 is 9.47 Å². The minimum Gasteiger partial charge on any atom is -0.339 e. The first-order chi connectivity index (χ1) is 12.7. The molecule has 2 atom stereocenters. The van der Waals surface area contributed by atoms with Gasteiger partial charge in [0, 0.05) is 35.9 Å². The maximum absolute atomic E-state index is 14.3. The molecule has 1 aromatic heterocycles. The predicted molar refractivity (Wildman–Crippen MR) is 103 cm³/mol. The van der Waals surface area contributed by atoms with Gasteiger partial charge in [-0.25, -0.2) is 4.39 Å². The summed E-state index contributed by atoms with van der Waals surface area (Å²) >= 11 is 0. The highest BCUT2D eigenvalue weighted by Crippen LogP contribution is 2.37. The summed E-state index contributed by atoms with van der Waals surface area (Å²) in [5.41, 5.74) is 6.70. The Hall–Kier alpha value is -2.13. The fourth-order valence-corrected chi connectivity index (χ4v) is 5.21. The second-order valence-corrected chi connectivity index (χ2v) is 8.01. The van der Waals surface area contributed by atoms with Crippen molar-refractivity contribution in [3.05, 3.63) is 70.7 Å². The van der Waals surface area contributed by atoms with E-state index in [0.29, 0.717) is 6.04 Å². The first-order valence-electron chi connectivity index (χ1n) is 9.92. The van der Waals surface area contributed by atoms with Gasteiger partial charge in [-0.2, -0.15) is 0 Å². The van der Waals surface area contributed by atoms with Crippen molar-refractivity contribution in [3.63, 3.8) is 0 Å². The summed E-state index contributed by atoms with van der Waals surface area (Å²) in [6, 6.07) is 14.7. The molecule has 0 spiro atoms. The van der Waals surface area contributed by atoms with Crippen LogP contribution in [0.4, 0.5) is 4.39 Å². The van der Waals surface area contributed by atoms with E-state index in [4.69, 9.17) is 0 Å². The number of benzene rings is 2. The summed E-state index contributed by atoms with van der Waals surface area (Å²) in [7, 11) is 0. The van der Waals surface area contributed by atoms with Crippen LogP contribution in [0.25, 0.3) is 10.9 Å². The van der Waals surface area contributed by atoms with Gasteiger partial charge in [0.2, 0.25) is 0 Å². The number of rotatable bonds is 2. The number of aromatic nitrogens is 1. The molecule has 3 heteroatoms. The minimum atomic E-state index is -0.0588. The number of hydrogen-bond acceptors (Lipinski definition) is 0. The van der Waals surface area contributed by atoms with Gasteiger partial charge in [-0.15, -0.1) is 0 Å². The lowest BCUT2D eigenvalue weighted by atomic mass is 9.90. The quantitative estimate of drug-likeness (QED) is 0.717. The summed E-state index contributed by atoms with van der Waals surface area (Å²) in [5, 5.41) is 1.46. The van der Waals surface area contributed by atoms with E-state index in [-0.39, 0.29) is 5.82 Å². The molecule has 2 heterocycles. The number of aryl methyl sites for hydroxylation is 3. The zero-order chi connectivity index (χ0) is 17.7. The van der Waals surface area contributed by atoms with E-state index in [1.165, 1.54) is 40.6 Å². The molecule has 26 heavy (non-hydrogen) atoms. The summed E-state index contributed by atoms with van der Waals surface area (Å²) in [6.07, 6.45) is 4.80. The number of hydrogen-bond donors (Lipinski definition) is 1. The zero-order valence-electron chi connectivity index (χ0n) is 15.4. The smallest absolute Gasteiger partial charge is 0.132 e. The van der Waals surface area contributed by atoms with E-state index in [2.05, 4.69) is 29.7 Å². The number of quaternary nitrogens is 1. The van der Waals surface area contributed by atoms with Gasteiger partial charge in [0.05, 0.1) is 12.2 Å². The summed E-state index contributed by atoms with van der Waals surface area (Å²) < 4.78 is 16.8. The number of nitrogens with zero attached hydrogens (tertiary/aromatic N) is 1. The Labute approximate surface area is 154 Å². The molecular formula is C23H26FN2+. The Kier molecular flexibility index (Phi) is 3.86. The Morgan fingerprint density at radius 3 is 2.92 bits per heavy atom. The highest BCUT2D eigenvalue weighted by molar-refractivity contribution is 5.86. The third-order valence-electron chi connectivity index (χ3n) is 6.37. The summed E-state index contributed by atoms with van der Waals surface area (Å²) in [6.45, 7) is 5.18. The van der Waals surface area contributed by atoms with Gasteiger partial charge in [-0.05, 0) is 43.5 Å². The topological polar surface area (TPSA) is 9.37 Å². The van der Waals surface area contributed by atoms with Crippen molar-refractivity contribution in [2.75, 3.05) is 6.54 Å². The highest BCUT2D eigenvalue weighted by Gasteiger charge is 2.36. The molecule has 0 saturated carbocycles. The van der Waals surface area contributed by atoms with Gasteiger partial charge in [0.15, 0.2) is 0 Å². The van der Waals surface area contributed by atoms with Crippen molar-refractivity contribution < 1.29 is 9.29 Å². The number of halogens is 1. The summed E-state index contributed by atoms with van der Waals surface area (Å²) in [5.74, 6) is -0.0588. The maximum atomic E-state index is 14.3. The molecule has 0 radical (unpaired) electrons. The van der Waals surface area contributed by atoms with Crippen LogP contribution in [0.2, 0.25) is 0 Å². The summed E-state index contributed by atoms with van der Waals surface area (Å²) in [4.78, 5) is 1.54. The van der Waals surface area contributed by atoms with Crippen LogP contribution < -0.4 is 4.90 Å². The fraction of sp³-hybridized carbons (Fsp3) is 0.391. The Morgan fingerprint density at radius 2 is 2.04 bits per heavy atom. The van der Waals surface area contributed by atoms with Gasteiger partial charge in [0.1, 0.15) is 18.4 Å². The molecule has 0 fully saturated rings. The molecule has 1 aliphatic heterocycles. The van der Waals surface area contributed by atoms with Crippen molar-refractivity contribution >= 4 is 10.9 Å². The molecule has 0 saturated heterocycles. The Morgan fingerprint density at radius 1 is 1.15 bits per heavy atom. The van der Waals surface area contributed by atoms with Gasteiger partial charge in [-0.1, -0.05) is 29.8 Å². The van der Waals surface area contributed by atoms with Crippen LogP contribution in [0, 0.1) is 12.7 Å². The molecule has 1 N–H and O–H groups in total. The average molecular weight is 349 g/mol. The standard InChI is InChI=1S/C23H25FN2/c1-16-10-11-21-19(14-16)18-7-4-9-22-23(18)26(21)13-5-12-25(22)15-17-6-2-3-8-20(17)24/h2-3,6,8,10-11,14,22H,4-5,7,9,12-13,15H2,1H3/p+1/t22-/m1/s1. The van der Waals surface area contributed by atoms with Crippen molar-refractivity contribution in [2.45, 2.75) is 51.7 Å². The van der Waals surface area contributed by atoms with Crippen molar-refractivity contribution in [3.8, 4) is 0 Å². The first kappa shape index (κ1) is 16.1. The highest BCUT2D eigenvalue weighted by atomic mass is 19.1. The number of fused-ring (bicyclic) bond motifs is 3. The SMILES string of the molecule is Cc1ccc2c(c1)c1c3n2CCC[NH+](Cc2ccccc2F)[C@@H]3CCC1. The molecule has 1 unspecified atom stereocenters. The maximum Gasteiger partial charge on any atom is 0.132 e. The monoisotopic (exact) mass is 349 g/mol. The van der Waals surface area contributed by atoms with E-state index in [1.54, 1.807) is 23.4 Å². The molecule has 0 bridgehead atoms. The molecule has 2 nitrogen and oxygen atoms in total. The normalized spacial score (nSPS) is 22.2. The van der Waals surface area contributed by atoms with Crippen LogP contribution in [0.15, 0.2) is 42.5 Å². The second-order valence-electron chi connectivity index (χ2n) is 8.01. The Balaban J connectivity index is 1.61. The molecule has 134 valence electrons. The van der Waals surface area contributed by atoms with Crippen LogP contribution in [0.3, 0.4) is 0 Å². The molecule has 2 aliphatic rings.